The summed E-state index contributed by atoms with van der Waals surface area (Å²) in [5, 5.41) is 33.8. The zero-order valence-electron chi connectivity index (χ0n) is 26.8. The van der Waals surface area contributed by atoms with Gasteiger partial charge in [-0.3, -0.25) is 9.59 Å². The lowest BCUT2D eigenvalue weighted by Crippen LogP contribution is -2.61. The Kier molecular flexibility index (Phi) is 6.69. The van der Waals surface area contributed by atoms with Crippen LogP contribution in [0.5, 0.6) is 0 Å². The molecule has 0 amide bonds. The zero-order valence-corrected chi connectivity index (χ0v) is 26.8. The highest BCUT2D eigenvalue weighted by Crippen LogP contribution is 2.89. The molecule has 5 saturated carbocycles. The van der Waals surface area contributed by atoms with Gasteiger partial charge in [0.2, 0.25) is 0 Å². The van der Waals surface area contributed by atoms with E-state index in [0.717, 1.165) is 38.5 Å². The number of esters is 1. The Bertz CT molecular complexity index is 1080. The maximum absolute atomic E-state index is 14.4. The van der Waals surface area contributed by atoms with Gasteiger partial charge in [0, 0.05) is 17.8 Å². The average molecular weight is 561 g/mol. The van der Waals surface area contributed by atoms with Gasteiger partial charge >= 0.3 is 5.97 Å². The lowest BCUT2D eigenvalue weighted by atomic mass is 9.39. The first kappa shape index (κ1) is 30.5. The first-order chi connectivity index (χ1) is 18.2. The Labute approximate surface area is 242 Å². The Hall–Kier alpha value is -0.980. The van der Waals surface area contributed by atoms with Gasteiger partial charge in [0.1, 0.15) is 12.2 Å². The van der Waals surface area contributed by atoms with Crippen molar-refractivity contribution in [3.63, 3.8) is 0 Å². The van der Waals surface area contributed by atoms with E-state index in [1.54, 1.807) is 13.8 Å². The smallest absolute Gasteiger partial charge is 0.303 e. The van der Waals surface area contributed by atoms with E-state index in [1.165, 1.54) is 13.3 Å². The van der Waals surface area contributed by atoms with Crippen molar-refractivity contribution >= 4 is 11.8 Å². The number of ketones is 1. The molecule has 5 aliphatic carbocycles. The van der Waals surface area contributed by atoms with Crippen LogP contribution in [0.25, 0.3) is 0 Å². The largest absolute Gasteiger partial charge is 0.459 e. The monoisotopic (exact) mass is 560 g/mol. The van der Waals surface area contributed by atoms with Crippen LogP contribution in [0.1, 0.15) is 121 Å². The maximum Gasteiger partial charge on any atom is 0.303 e. The second kappa shape index (κ2) is 8.78. The molecule has 6 nitrogen and oxygen atoms in total. The SMILES string of the molecule is CC(=O)OC(C(C)CC(C)C1(C)C(=O)C(O)C2(C)C3CCC4C(C)(C)C(O)CCC45CC35CCC12C)C(C)(C)O. The van der Waals surface area contributed by atoms with Crippen LogP contribution < -0.4 is 0 Å². The Morgan fingerprint density at radius 2 is 1.55 bits per heavy atom. The van der Waals surface area contributed by atoms with Gasteiger partial charge in [-0.1, -0.05) is 48.5 Å². The van der Waals surface area contributed by atoms with E-state index in [9.17, 15) is 24.9 Å². The molecule has 5 fully saturated rings. The second-order valence-corrected chi connectivity index (χ2v) is 16.9. The van der Waals surface area contributed by atoms with E-state index in [4.69, 9.17) is 4.74 Å². The van der Waals surface area contributed by atoms with E-state index in [-0.39, 0.29) is 51.3 Å². The van der Waals surface area contributed by atoms with Crippen LogP contribution in [0.15, 0.2) is 0 Å². The van der Waals surface area contributed by atoms with E-state index in [0.29, 0.717) is 12.3 Å². The summed E-state index contributed by atoms with van der Waals surface area (Å²) in [6.45, 7) is 19.9. The number of fused-ring (bicyclic) bond motifs is 2. The van der Waals surface area contributed by atoms with E-state index in [2.05, 4.69) is 41.5 Å². The molecule has 0 saturated heterocycles. The average Bonchev–Trinajstić information content (AvgIpc) is 3.50. The van der Waals surface area contributed by atoms with Gasteiger partial charge in [-0.25, -0.2) is 0 Å². The van der Waals surface area contributed by atoms with Crippen LogP contribution in [-0.2, 0) is 14.3 Å². The highest BCUT2D eigenvalue weighted by atomic mass is 16.6. The molecule has 0 aromatic rings. The number of aliphatic hydroxyl groups is 3. The minimum Gasteiger partial charge on any atom is -0.459 e. The number of aliphatic hydroxyl groups excluding tert-OH is 2. The second-order valence-electron chi connectivity index (χ2n) is 16.9. The molecule has 40 heavy (non-hydrogen) atoms. The van der Waals surface area contributed by atoms with Crippen LogP contribution >= 0.6 is 0 Å². The third kappa shape index (κ3) is 3.45. The third-order valence-corrected chi connectivity index (χ3v) is 14.9. The highest BCUT2D eigenvalue weighted by Gasteiger charge is 2.85. The van der Waals surface area contributed by atoms with Crippen molar-refractivity contribution in [1.82, 2.24) is 0 Å². The molecule has 228 valence electrons. The minimum atomic E-state index is -1.21. The molecule has 0 bridgehead atoms. The normalized spacial score (nSPS) is 49.6. The summed E-state index contributed by atoms with van der Waals surface area (Å²) in [6, 6.07) is 0. The number of carbonyl (C=O) groups is 2. The van der Waals surface area contributed by atoms with Crippen molar-refractivity contribution in [1.29, 1.82) is 0 Å². The van der Waals surface area contributed by atoms with Crippen molar-refractivity contribution in [2.75, 3.05) is 0 Å². The topological polar surface area (TPSA) is 104 Å². The first-order valence-electron chi connectivity index (χ1n) is 16.0. The summed E-state index contributed by atoms with van der Waals surface area (Å²) in [7, 11) is 0. The number of hydrogen-bond acceptors (Lipinski definition) is 6. The first-order valence-corrected chi connectivity index (χ1v) is 16.0. The maximum atomic E-state index is 14.4. The fraction of sp³-hybridized carbons (Fsp3) is 0.941. The third-order valence-electron chi connectivity index (χ3n) is 14.9. The number of ether oxygens (including phenoxy) is 1. The fourth-order valence-corrected chi connectivity index (χ4v) is 12.4. The predicted octanol–water partition coefficient (Wildman–Crippen LogP) is 5.69. The molecule has 3 N–H and O–H groups in total. The lowest BCUT2D eigenvalue weighted by Gasteiger charge is -2.64. The van der Waals surface area contributed by atoms with Crippen LogP contribution in [0, 0.1) is 56.2 Å². The molecule has 0 aliphatic heterocycles. The van der Waals surface area contributed by atoms with Gasteiger partial charge in [-0.05, 0) is 111 Å². The molecular weight excluding hydrogens is 504 g/mol. The number of Topliss-reactive ketones (excluding diaryl/α,β-unsaturated/α-hetero) is 1. The fourth-order valence-electron chi connectivity index (χ4n) is 12.4. The summed E-state index contributed by atoms with van der Waals surface area (Å²) in [5.74, 6) is 0.0979. The van der Waals surface area contributed by atoms with E-state index < -0.39 is 34.6 Å². The summed E-state index contributed by atoms with van der Waals surface area (Å²) in [6.07, 6.45) is 5.82. The molecule has 0 radical (unpaired) electrons. The van der Waals surface area contributed by atoms with Gasteiger partial charge < -0.3 is 20.1 Å². The van der Waals surface area contributed by atoms with Crippen molar-refractivity contribution in [2.24, 2.45) is 56.2 Å². The molecular formula is C34H56O6. The van der Waals surface area contributed by atoms with Crippen LogP contribution in [0.4, 0.5) is 0 Å². The minimum absolute atomic E-state index is 0.0298. The molecule has 0 aromatic carbocycles. The summed E-state index contributed by atoms with van der Waals surface area (Å²) in [4.78, 5) is 26.3. The van der Waals surface area contributed by atoms with E-state index >= 15 is 0 Å². The van der Waals surface area contributed by atoms with Crippen molar-refractivity contribution in [2.45, 2.75) is 145 Å². The predicted molar refractivity (Wildman–Crippen MR) is 154 cm³/mol. The summed E-state index contributed by atoms with van der Waals surface area (Å²) >= 11 is 0. The van der Waals surface area contributed by atoms with Gasteiger partial charge in [0.15, 0.2) is 5.78 Å². The van der Waals surface area contributed by atoms with Crippen molar-refractivity contribution < 1.29 is 29.6 Å². The highest BCUT2D eigenvalue weighted by molar-refractivity contribution is 5.93. The Balaban J connectivity index is 1.48. The molecule has 0 aromatic heterocycles. The van der Waals surface area contributed by atoms with Crippen LogP contribution in [0.3, 0.4) is 0 Å². The Morgan fingerprint density at radius 3 is 2.12 bits per heavy atom. The lowest BCUT2D eigenvalue weighted by molar-refractivity contribution is -0.194. The van der Waals surface area contributed by atoms with E-state index in [1.807, 2.05) is 6.92 Å². The number of carbonyl (C=O) groups excluding carboxylic acids is 2. The quantitative estimate of drug-likeness (QED) is 0.361. The standard InChI is InChI=1S/C34H56O6/c1-19(27(29(6,7)39)40-21(3)35)17-20(2)31(9)25(37)26(38)32(10)23-12-11-22-28(4,5)24(36)13-14-33(22)18-34(23,33)16-15-30(31,32)8/h19-20,22-24,26-27,36,38-39H,11-18H2,1-10H3. The summed E-state index contributed by atoms with van der Waals surface area (Å²) < 4.78 is 5.59. The molecule has 0 heterocycles. The molecule has 6 heteroatoms. The number of hydrogen-bond donors (Lipinski definition) is 3. The van der Waals surface area contributed by atoms with Gasteiger partial charge in [-0.15, -0.1) is 0 Å². The van der Waals surface area contributed by atoms with Crippen LogP contribution in [-0.4, -0.2) is 51.0 Å². The van der Waals surface area contributed by atoms with Gasteiger partial charge in [0.25, 0.3) is 0 Å². The Morgan fingerprint density at radius 1 is 0.975 bits per heavy atom. The zero-order chi connectivity index (χ0) is 30.1. The molecule has 2 spiro atoms. The summed E-state index contributed by atoms with van der Waals surface area (Å²) in [5.41, 5.74) is -2.55. The molecule has 12 atom stereocenters. The molecule has 5 aliphatic rings. The van der Waals surface area contributed by atoms with Crippen LogP contribution in [0.2, 0.25) is 0 Å². The van der Waals surface area contributed by atoms with Crippen molar-refractivity contribution in [3.05, 3.63) is 0 Å². The number of rotatable bonds is 6. The van der Waals surface area contributed by atoms with Gasteiger partial charge in [-0.2, -0.15) is 0 Å². The molecule has 12 unspecified atom stereocenters. The molecule has 5 rings (SSSR count). The van der Waals surface area contributed by atoms with Crippen molar-refractivity contribution in [3.8, 4) is 0 Å². The van der Waals surface area contributed by atoms with Gasteiger partial charge in [0.05, 0.1) is 11.7 Å².